The third kappa shape index (κ3) is 3.70. The molecule has 28 heavy (non-hydrogen) atoms. The number of rotatable bonds is 6. The summed E-state index contributed by atoms with van der Waals surface area (Å²) in [5, 5.41) is 0. The fourth-order valence-electron chi connectivity index (χ4n) is 3.54. The number of allylic oxidation sites excluding steroid dienone is 2. The number of ketones is 2. The van der Waals surface area contributed by atoms with Crippen LogP contribution in [0.2, 0.25) is 0 Å². The summed E-state index contributed by atoms with van der Waals surface area (Å²) in [6, 6.07) is 6.56. The first-order valence-corrected chi connectivity index (χ1v) is 9.67. The van der Waals surface area contributed by atoms with Gasteiger partial charge in [-0.3, -0.25) is 14.4 Å². The molecule has 0 bridgehead atoms. The van der Waals surface area contributed by atoms with E-state index in [0.717, 1.165) is 0 Å². The van der Waals surface area contributed by atoms with Crippen molar-refractivity contribution < 1.29 is 23.9 Å². The molecule has 1 aliphatic carbocycles. The van der Waals surface area contributed by atoms with Crippen LogP contribution in [0.5, 0.6) is 0 Å². The van der Waals surface area contributed by atoms with Crippen molar-refractivity contribution in [1.29, 1.82) is 0 Å². The van der Waals surface area contributed by atoms with Gasteiger partial charge >= 0.3 is 0 Å². The number of hydrogen-bond acceptors (Lipinski definition) is 6. The van der Waals surface area contributed by atoms with Crippen LogP contribution in [0, 0.1) is 0 Å². The summed E-state index contributed by atoms with van der Waals surface area (Å²) in [6.45, 7) is 3.58. The molecule has 0 aromatic heterocycles. The van der Waals surface area contributed by atoms with Gasteiger partial charge in [-0.2, -0.15) is 0 Å². The molecule has 8 heteroatoms. The highest BCUT2D eigenvalue weighted by Crippen LogP contribution is 2.32. The molecule has 1 amide bonds. The average Bonchev–Trinajstić information content (AvgIpc) is 2.72. The molecule has 1 fully saturated rings. The van der Waals surface area contributed by atoms with Crippen LogP contribution in [0.15, 0.2) is 35.7 Å². The molecule has 3 rings (SSSR count). The van der Waals surface area contributed by atoms with E-state index in [4.69, 9.17) is 21.1 Å². The zero-order valence-electron chi connectivity index (χ0n) is 15.9. The van der Waals surface area contributed by atoms with E-state index in [0.29, 0.717) is 25.3 Å². The minimum absolute atomic E-state index is 0.0696. The Morgan fingerprint density at radius 1 is 1.29 bits per heavy atom. The van der Waals surface area contributed by atoms with E-state index < -0.39 is 5.91 Å². The molecule has 2 aliphatic rings. The lowest BCUT2D eigenvalue weighted by atomic mass is 9.88. The molecule has 1 aromatic rings. The third-order valence-corrected chi connectivity index (χ3v) is 5.16. The SMILES string of the molecule is COCCN(C(=O)CCl)C1=C(N2CCOCC2C)C(=O)c2ccccc2C1=O. The Balaban J connectivity index is 2.20. The second-order valence-electron chi connectivity index (χ2n) is 6.69. The third-order valence-electron chi connectivity index (χ3n) is 4.93. The number of carbonyl (C=O) groups excluding carboxylic acids is 3. The molecular weight excluding hydrogens is 384 g/mol. The summed E-state index contributed by atoms with van der Waals surface area (Å²) in [5.74, 6) is -1.39. The van der Waals surface area contributed by atoms with Crippen molar-refractivity contribution in [3.05, 3.63) is 46.8 Å². The maximum atomic E-state index is 13.4. The summed E-state index contributed by atoms with van der Waals surface area (Å²) >= 11 is 5.81. The molecule has 1 aromatic carbocycles. The molecule has 1 aliphatic heterocycles. The number of ether oxygens (including phenoxy) is 2. The Morgan fingerprint density at radius 2 is 1.96 bits per heavy atom. The normalized spacial score (nSPS) is 19.7. The van der Waals surface area contributed by atoms with Crippen molar-refractivity contribution in [3.8, 4) is 0 Å². The minimum atomic E-state index is -0.451. The lowest BCUT2D eigenvalue weighted by Crippen LogP contribution is -2.49. The standard InChI is InChI=1S/C20H23ClN2O5/c1-13-12-28-10-8-22(13)17-18(23(7-9-27-2)16(24)11-21)20(26)15-6-4-3-5-14(15)19(17)25/h3-6,13H,7-12H2,1-2H3. The zero-order chi connectivity index (χ0) is 20.3. The summed E-state index contributed by atoms with van der Waals surface area (Å²) in [5.41, 5.74) is 0.932. The van der Waals surface area contributed by atoms with Gasteiger partial charge in [-0.1, -0.05) is 24.3 Å². The number of amides is 1. The molecule has 7 nitrogen and oxygen atoms in total. The molecule has 150 valence electrons. The van der Waals surface area contributed by atoms with Crippen LogP contribution in [-0.4, -0.2) is 79.2 Å². The van der Waals surface area contributed by atoms with Crippen molar-refractivity contribution in [2.24, 2.45) is 0 Å². The van der Waals surface area contributed by atoms with Crippen molar-refractivity contribution in [1.82, 2.24) is 9.80 Å². The Bertz CT molecular complexity index is 823. The topological polar surface area (TPSA) is 76.2 Å². The van der Waals surface area contributed by atoms with Gasteiger partial charge in [0.1, 0.15) is 17.3 Å². The fraction of sp³-hybridized carbons (Fsp3) is 0.450. The molecule has 0 saturated carbocycles. The van der Waals surface area contributed by atoms with Crippen LogP contribution in [0.4, 0.5) is 0 Å². The predicted octanol–water partition coefficient (Wildman–Crippen LogP) is 1.71. The van der Waals surface area contributed by atoms with Crippen LogP contribution < -0.4 is 0 Å². The van der Waals surface area contributed by atoms with Crippen molar-refractivity contribution in [2.75, 3.05) is 45.9 Å². The highest BCUT2D eigenvalue weighted by Gasteiger charge is 2.40. The van der Waals surface area contributed by atoms with Crippen molar-refractivity contribution in [3.63, 3.8) is 0 Å². The van der Waals surface area contributed by atoms with Gasteiger partial charge < -0.3 is 19.3 Å². The second kappa shape index (κ2) is 8.86. The molecule has 0 spiro atoms. The number of alkyl halides is 1. The largest absolute Gasteiger partial charge is 0.383 e. The van der Waals surface area contributed by atoms with Gasteiger partial charge in [-0.25, -0.2) is 0 Å². The lowest BCUT2D eigenvalue weighted by Gasteiger charge is -2.40. The summed E-state index contributed by atoms with van der Waals surface area (Å²) in [7, 11) is 1.51. The lowest BCUT2D eigenvalue weighted by molar-refractivity contribution is -0.127. The van der Waals surface area contributed by atoms with Gasteiger partial charge in [0, 0.05) is 37.4 Å². The number of nitrogens with zero attached hydrogens (tertiary/aromatic N) is 2. The van der Waals surface area contributed by atoms with Crippen LogP contribution in [-0.2, 0) is 14.3 Å². The number of Topliss-reactive ketones (excluding diaryl/α,β-unsaturated/α-hetero) is 2. The van der Waals surface area contributed by atoms with E-state index in [2.05, 4.69) is 0 Å². The van der Waals surface area contributed by atoms with Crippen molar-refractivity contribution >= 4 is 29.1 Å². The fourth-order valence-corrected chi connectivity index (χ4v) is 3.69. The molecule has 1 heterocycles. The molecule has 1 unspecified atom stereocenters. The first-order chi connectivity index (χ1) is 13.5. The van der Waals surface area contributed by atoms with Crippen LogP contribution >= 0.6 is 11.6 Å². The first kappa shape index (κ1) is 20.5. The summed E-state index contributed by atoms with van der Waals surface area (Å²) in [4.78, 5) is 42.5. The van der Waals surface area contributed by atoms with Gasteiger partial charge in [0.2, 0.25) is 17.5 Å². The van der Waals surface area contributed by atoms with Gasteiger partial charge in [0.05, 0.1) is 19.8 Å². The van der Waals surface area contributed by atoms with Crippen LogP contribution in [0.3, 0.4) is 0 Å². The van der Waals surface area contributed by atoms with Gasteiger partial charge in [0.15, 0.2) is 0 Å². The van der Waals surface area contributed by atoms with Crippen LogP contribution in [0.1, 0.15) is 27.6 Å². The number of carbonyl (C=O) groups is 3. The van der Waals surface area contributed by atoms with Gasteiger partial charge in [-0.15, -0.1) is 11.6 Å². The minimum Gasteiger partial charge on any atom is -0.383 e. The van der Waals surface area contributed by atoms with Gasteiger partial charge in [-0.05, 0) is 6.92 Å². The maximum absolute atomic E-state index is 13.4. The molecule has 0 N–H and O–H groups in total. The number of benzene rings is 1. The monoisotopic (exact) mass is 406 g/mol. The van der Waals surface area contributed by atoms with Gasteiger partial charge in [0.25, 0.3) is 0 Å². The number of hydrogen-bond donors (Lipinski definition) is 0. The van der Waals surface area contributed by atoms with E-state index in [1.54, 1.807) is 24.3 Å². The van der Waals surface area contributed by atoms with E-state index in [9.17, 15) is 14.4 Å². The predicted molar refractivity (Wildman–Crippen MR) is 103 cm³/mol. The molecule has 1 saturated heterocycles. The maximum Gasteiger partial charge on any atom is 0.242 e. The zero-order valence-corrected chi connectivity index (χ0v) is 16.7. The summed E-state index contributed by atoms with van der Waals surface area (Å²) < 4.78 is 10.6. The second-order valence-corrected chi connectivity index (χ2v) is 6.96. The smallest absolute Gasteiger partial charge is 0.242 e. The number of methoxy groups -OCH3 is 1. The Morgan fingerprint density at radius 3 is 2.57 bits per heavy atom. The quantitative estimate of drug-likeness (QED) is 0.669. The number of halogens is 1. The Labute approximate surface area is 168 Å². The van der Waals surface area contributed by atoms with E-state index in [1.807, 2.05) is 11.8 Å². The molecular formula is C20H23ClN2O5. The average molecular weight is 407 g/mol. The Hall–Kier alpha value is -2.22. The highest BCUT2D eigenvalue weighted by atomic mass is 35.5. The Kier molecular flexibility index (Phi) is 6.49. The summed E-state index contributed by atoms with van der Waals surface area (Å²) in [6.07, 6.45) is 0. The molecule has 0 radical (unpaired) electrons. The van der Waals surface area contributed by atoms with E-state index in [1.165, 1.54) is 12.0 Å². The van der Waals surface area contributed by atoms with E-state index in [-0.39, 0.29) is 53.6 Å². The number of morpholine rings is 1. The molecule has 1 atom stereocenters. The van der Waals surface area contributed by atoms with E-state index >= 15 is 0 Å². The number of fused-ring (bicyclic) bond motifs is 1. The van der Waals surface area contributed by atoms with Crippen molar-refractivity contribution in [2.45, 2.75) is 13.0 Å². The van der Waals surface area contributed by atoms with Crippen LogP contribution in [0.25, 0.3) is 0 Å². The highest BCUT2D eigenvalue weighted by molar-refractivity contribution is 6.30. The first-order valence-electron chi connectivity index (χ1n) is 9.13.